The molecule has 1 aromatic carbocycles. The molecule has 3 aromatic rings. The van der Waals surface area contributed by atoms with E-state index in [2.05, 4.69) is 99.1 Å². The number of fused-ring (bicyclic) bond motifs is 7. The van der Waals surface area contributed by atoms with Crippen LogP contribution in [0.25, 0.3) is 27.7 Å². The molecule has 1 unspecified atom stereocenters. The summed E-state index contributed by atoms with van der Waals surface area (Å²) in [7, 11) is 1.76. The third kappa shape index (κ3) is 11.9. The van der Waals surface area contributed by atoms with Gasteiger partial charge in [-0.25, -0.2) is 10.2 Å². The van der Waals surface area contributed by atoms with Crippen LogP contribution >= 0.6 is 0 Å². The Kier molecular flexibility index (Phi) is 16.5. The van der Waals surface area contributed by atoms with Gasteiger partial charge in [-0.15, -0.1) is 0 Å². The van der Waals surface area contributed by atoms with Crippen molar-refractivity contribution >= 4 is 46.0 Å². The van der Waals surface area contributed by atoms with Gasteiger partial charge in [-0.1, -0.05) is 45.3 Å². The highest BCUT2D eigenvalue weighted by molar-refractivity contribution is 5.95. The van der Waals surface area contributed by atoms with E-state index >= 15 is 9.59 Å². The Bertz CT molecular complexity index is 2820. The lowest BCUT2D eigenvalue weighted by Gasteiger charge is -2.45. The molecule has 5 saturated heterocycles. The Morgan fingerprint density at radius 1 is 0.925 bits per heavy atom. The number of piperazine rings is 1. The van der Waals surface area contributed by atoms with Gasteiger partial charge in [0, 0.05) is 112 Å². The summed E-state index contributed by atoms with van der Waals surface area (Å²) in [4.78, 5) is 75.1. The molecule has 2 aromatic heterocycles. The number of cyclic esters (lactones) is 1. The highest BCUT2D eigenvalue weighted by Crippen LogP contribution is 2.45. The van der Waals surface area contributed by atoms with Crippen LogP contribution in [0.3, 0.4) is 0 Å². The fraction of sp³-hybridized carbons (Fsp3) is 0.698. The molecule has 11 rings (SSSR count). The first kappa shape index (κ1) is 56.8. The molecule has 9 heterocycles. The highest BCUT2D eigenvalue weighted by atomic mass is 16.6. The number of esters is 1. The smallest absolute Gasteiger partial charge is 0.410 e. The number of aromatic nitrogens is 2. The molecule has 6 fully saturated rings. The number of rotatable bonds is 9. The molecule has 1 aliphatic carbocycles. The number of carbonyl (C=O) groups is 4. The molecule has 80 heavy (non-hydrogen) atoms. The van der Waals surface area contributed by atoms with Gasteiger partial charge in [0.05, 0.1) is 42.0 Å². The second-order valence-electron chi connectivity index (χ2n) is 26.9. The van der Waals surface area contributed by atoms with Gasteiger partial charge in [-0.05, 0) is 153 Å². The molecular weight excluding hydrogens is 1010 g/mol. The van der Waals surface area contributed by atoms with Crippen molar-refractivity contribution in [3.05, 3.63) is 53.4 Å². The van der Waals surface area contributed by atoms with Crippen LogP contribution in [0.15, 0.2) is 36.5 Å². The molecule has 436 valence electrons. The topological polar surface area (TPSA) is 157 Å². The summed E-state index contributed by atoms with van der Waals surface area (Å²) < 4.78 is 20.7. The normalized spacial score (nSPS) is 28.1. The molecule has 17 heteroatoms. The number of nitrogens with zero attached hydrogens (tertiary/aromatic N) is 8. The lowest BCUT2D eigenvalue weighted by Crippen LogP contribution is -2.63. The van der Waals surface area contributed by atoms with Crippen molar-refractivity contribution < 1.29 is 33.4 Å². The zero-order valence-corrected chi connectivity index (χ0v) is 49.5. The number of hydrogen-bond acceptors (Lipinski definition) is 13. The summed E-state index contributed by atoms with van der Waals surface area (Å²) in [6.07, 6.45) is 16.1. The number of ether oxygens (including phenoxy) is 3. The lowest BCUT2D eigenvalue weighted by molar-refractivity contribution is -0.155. The second kappa shape index (κ2) is 23.3. The van der Waals surface area contributed by atoms with E-state index < -0.39 is 29.1 Å². The summed E-state index contributed by atoms with van der Waals surface area (Å²) in [5, 5.41) is 6.16. The molecule has 7 atom stereocenters. The van der Waals surface area contributed by atoms with E-state index in [-0.39, 0.29) is 47.9 Å². The van der Waals surface area contributed by atoms with Crippen molar-refractivity contribution in [2.24, 2.45) is 16.7 Å². The number of aryl methyl sites for hydroxylation is 1. The summed E-state index contributed by atoms with van der Waals surface area (Å²) >= 11 is 0. The van der Waals surface area contributed by atoms with Crippen LogP contribution in [-0.4, -0.2) is 180 Å². The van der Waals surface area contributed by atoms with E-state index in [1.54, 1.807) is 12.1 Å². The Labute approximate surface area is 475 Å². The molecule has 7 aliphatic heterocycles. The maximum absolute atomic E-state index is 15.3. The van der Waals surface area contributed by atoms with E-state index in [4.69, 9.17) is 19.2 Å². The number of piperidine rings is 1. The number of likely N-dealkylation sites (tertiary alicyclic amines) is 2. The number of nitrogens with one attached hydrogen (secondary N) is 2. The number of methoxy groups -OCH3 is 1. The van der Waals surface area contributed by atoms with Gasteiger partial charge in [0.2, 0.25) is 5.91 Å². The van der Waals surface area contributed by atoms with Crippen molar-refractivity contribution in [1.29, 1.82) is 0 Å². The summed E-state index contributed by atoms with van der Waals surface area (Å²) in [6.45, 7) is 24.3. The first-order valence-electron chi connectivity index (χ1n) is 30.7. The zero-order valence-electron chi connectivity index (χ0n) is 49.5. The quantitative estimate of drug-likeness (QED) is 0.198. The van der Waals surface area contributed by atoms with Gasteiger partial charge in [0.15, 0.2) is 0 Å². The molecule has 2 N–H and O–H groups in total. The lowest BCUT2D eigenvalue weighted by atomic mass is 9.84. The molecule has 3 amide bonds. The van der Waals surface area contributed by atoms with Crippen LogP contribution in [0, 0.1) is 16.7 Å². The van der Waals surface area contributed by atoms with Crippen LogP contribution in [0.2, 0.25) is 0 Å². The summed E-state index contributed by atoms with van der Waals surface area (Å²) in [5.41, 5.74) is 11.0. The first-order chi connectivity index (χ1) is 38.4. The van der Waals surface area contributed by atoms with Gasteiger partial charge in [-0.3, -0.25) is 39.1 Å². The van der Waals surface area contributed by atoms with Crippen molar-refractivity contribution in [1.82, 2.24) is 44.9 Å². The van der Waals surface area contributed by atoms with Crippen molar-refractivity contribution in [3.8, 4) is 11.3 Å². The Balaban J connectivity index is 0.923. The minimum Gasteiger partial charge on any atom is -0.464 e. The van der Waals surface area contributed by atoms with Crippen molar-refractivity contribution in [2.75, 3.05) is 97.2 Å². The number of pyridine rings is 1. The fourth-order valence-corrected chi connectivity index (χ4v) is 15.1. The SMILES string of the molecule is CCn1c(-c2cc(N3CCN4CCCC[C@@H]4C3)cnc2[C@H](C)OC)c2c3cc(ccc31)C1=CCCN(C1)C[C@H](NC(=O)[C@H](C1CCCC1)N1CC[C@]3(CCN(C(=O)OC(C)(C)C)C3)C1)C(=O)N1CCC[C@H](N1)C(=O)OCC(C)(C)C2. The minimum atomic E-state index is -0.869. The predicted molar refractivity (Wildman–Crippen MR) is 312 cm³/mol. The maximum atomic E-state index is 15.3. The van der Waals surface area contributed by atoms with Gasteiger partial charge >= 0.3 is 12.1 Å². The molecule has 1 spiro atoms. The van der Waals surface area contributed by atoms with E-state index in [0.29, 0.717) is 58.0 Å². The number of amides is 3. The van der Waals surface area contributed by atoms with E-state index in [0.717, 1.165) is 130 Å². The van der Waals surface area contributed by atoms with Gasteiger partial charge in [0.1, 0.15) is 17.7 Å². The molecule has 8 aliphatic rings. The Morgan fingerprint density at radius 2 is 1.73 bits per heavy atom. The van der Waals surface area contributed by atoms with Crippen LogP contribution in [-0.2, 0) is 41.6 Å². The Morgan fingerprint density at radius 3 is 2.51 bits per heavy atom. The Hall–Kier alpha value is -5.07. The highest BCUT2D eigenvalue weighted by Gasteiger charge is 2.50. The largest absolute Gasteiger partial charge is 0.464 e. The number of anilines is 1. The van der Waals surface area contributed by atoms with Crippen molar-refractivity contribution in [2.45, 2.75) is 174 Å². The van der Waals surface area contributed by atoms with E-state index in [1.807, 2.05) is 25.7 Å². The summed E-state index contributed by atoms with van der Waals surface area (Å²) in [6, 6.07) is 7.85. The van der Waals surface area contributed by atoms with Crippen LogP contribution in [0.4, 0.5) is 10.5 Å². The monoisotopic (exact) mass is 1100 g/mol. The molecule has 0 radical (unpaired) electrons. The molecular formula is C63H92N10O7. The second-order valence-corrected chi connectivity index (χ2v) is 26.9. The average Bonchev–Trinajstić information content (AvgIpc) is 4.12. The van der Waals surface area contributed by atoms with Gasteiger partial charge < -0.3 is 33.9 Å². The zero-order chi connectivity index (χ0) is 56.1. The minimum absolute atomic E-state index is 0.107. The molecule has 1 saturated carbocycles. The maximum Gasteiger partial charge on any atom is 0.410 e. The predicted octanol–water partition coefficient (Wildman–Crippen LogP) is 8.19. The average molecular weight is 1100 g/mol. The number of carbonyl (C=O) groups excluding carboxylic acids is 4. The molecule has 6 bridgehead atoms. The van der Waals surface area contributed by atoms with Crippen LogP contribution in [0.1, 0.15) is 148 Å². The van der Waals surface area contributed by atoms with Crippen LogP contribution < -0.4 is 15.6 Å². The first-order valence-corrected chi connectivity index (χ1v) is 30.7. The molecule has 17 nitrogen and oxygen atoms in total. The number of hydrogen-bond donors (Lipinski definition) is 2. The van der Waals surface area contributed by atoms with E-state index in [1.165, 1.54) is 36.9 Å². The van der Waals surface area contributed by atoms with Gasteiger partial charge in [-0.2, -0.15) is 0 Å². The van der Waals surface area contributed by atoms with E-state index in [9.17, 15) is 9.59 Å². The van der Waals surface area contributed by atoms with Crippen molar-refractivity contribution in [3.63, 3.8) is 0 Å². The number of benzene rings is 1. The van der Waals surface area contributed by atoms with Crippen LogP contribution in [0.5, 0.6) is 0 Å². The third-order valence-electron chi connectivity index (χ3n) is 19.3. The number of hydrazine groups is 1. The standard InChI is InChI=1S/C63H92N10O7/c1-9-72-53-22-21-44-32-48(53)50(56(72)49-33-47(35-64-54(49)42(2)78-8)69-31-30-68-26-13-12-19-46(68)37-69)34-62(6,7)41-79-59(76)51-20-15-27-73(66-51)58(75)52(38-67-25-14-18-45(44)36-67)65-57(74)55(43-16-10-11-17-43)70-28-23-63(39-70)24-29-71(40-63)60(77)80-61(3,4)5/h18,21-22,32-33,35,42-43,46,51-52,55,66H,9-17,19-20,23-31,34,36-41H2,1-8H3,(H,65,74)/t42-,46+,51-,52-,55-,63-/m0/s1. The summed E-state index contributed by atoms with van der Waals surface area (Å²) in [5.74, 6) is -0.561. The fourth-order valence-electron chi connectivity index (χ4n) is 15.1. The van der Waals surface area contributed by atoms with Gasteiger partial charge in [0.25, 0.3) is 5.91 Å². The third-order valence-corrected chi connectivity index (χ3v) is 19.3.